The zero-order valence-electron chi connectivity index (χ0n) is 13.1. The van der Waals surface area contributed by atoms with Crippen molar-refractivity contribution < 1.29 is 0 Å². The highest BCUT2D eigenvalue weighted by molar-refractivity contribution is 5.14. The van der Waals surface area contributed by atoms with Crippen molar-refractivity contribution in [2.75, 3.05) is 20.1 Å². The molecule has 112 valence electrons. The van der Waals surface area contributed by atoms with E-state index in [9.17, 15) is 0 Å². The largest absolute Gasteiger partial charge is 0.306 e. The highest BCUT2D eigenvalue weighted by atomic mass is 15.4. The second-order valence-electron chi connectivity index (χ2n) is 6.23. The molecule has 0 spiro atoms. The van der Waals surface area contributed by atoms with Crippen LogP contribution >= 0.6 is 0 Å². The smallest absolute Gasteiger partial charge is 0.0240 e. The molecule has 2 rings (SSSR count). The molecule has 0 bridgehead atoms. The number of nitrogens with zero attached hydrogens (tertiary/aromatic N) is 1. The van der Waals surface area contributed by atoms with Gasteiger partial charge in [0.05, 0.1) is 0 Å². The number of benzene rings is 1. The fourth-order valence-electron chi connectivity index (χ4n) is 3.03. The monoisotopic (exact) mass is 275 g/mol. The van der Waals surface area contributed by atoms with Crippen LogP contribution in [0.3, 0.4) is 0 Å². The summed E-state index contributed by atoms with van der Waals surface area (Å²) in [5, 5.41) is 0. The van der Waals surface area contributed by atoms with E-state index < -0.39 is 0 Å². The maximum absolute atomic E-state index is 3.34. The second kappa shape index (κ2) is 7.77. The third-order valence-corrected chi connectivity index (χ3v) is 4.44. The molecule has 1 aromatic carbocycles. The van der Waals surface area contributed by atoms with Crippen LogP contribution in [0, 0.1) is 5.92 Å². The Labute approximate surface area is 123 Å². The van der Waals surface area contributed by atoms with E-state index in [1.54, 1.807) is 0 Å². The molecule has 20 heavy (non-hydrogen) atoms. The minimum absolute atomic E-state index is 0.566. The summed E-state index contributed by atoms with van der Waals surface area (Å²) in [6, 6.07) is 11.9. The molecule has 1 aliphatic rings. The van der Waals surface area contributed by atoms with Gasteiger partial charge in [0.2, 0.25) is 0 Å². The summed E-state index contributed by atoms with van der Waals surface area (Å²) in [5.41, 5.74) is 8.13. The molecule has 2 N–H and O–H groups in total. The topological polar surface area (TPSA) is 27.3 Å². The van der Waals surface area contributed by atoms with Crippen LogP contribution in [0.2, 0.25) is 0 Å². The molecule has 0 aliphatic carbocycles. The van der Waals surface area contributed by atoms with Gasteiger partial charge in [-0.3, -0.25) is 10.9 Å². The van der Waals surface area contributed by atoms with Gasteiger partial charge in [0.15, 0.2) is 0 Å². The van der Waals surface area contributed by atoms with Crippen molar-refractivity contribution in [3.8, 4) is 0 Å². The Hall–Kier alpha value is -0.900. The van der Waals surface area contributed by atoms with E-state index in [0.29, 0.717) is 18.0 Å². The highest BCUT2D eigenvalue weighted by Gasteiger charge is 2.30. The fourth-order valence-corrected chi connectivity index (χ4v) is 3.03. The minimum atomic E-state index is 0.566. The average molecular weight is 275 g/mol. The van der Waals surface area contributed by atoms with Crippen LogP contribution < -0.4 is 10.9 Å². The predicted molar refractivity (Wildman–Crippen MR) is 85.6 cm³/mol. The van der Waals surface area contributed by atoms with Gasteiger partial charge in [-0.2, -0.15) is 0 Å². The zero-order chi connectivity index (χ0) is 14.4. The van der Waals surface area contributed by atoms with Crippen LogP contribution in [-0.4, -0.2) is 37.1 Å². The molecule has 0 amide bonds. The minimum Gasteiger partial charge on any atom is -0.306 e. The van der Waals surface area contributed by atoms with E-state index in [2.05, 4.69) is 67.0 Å². The van der Waals surface area contributed by atoms with Crippen LogP contribution in [-0.2, 0) is 6.42 Å². The van der Waals surface area contributed by atoms with E-state index >= 15 is 0 Å². The molecule has 0 radical (unpaired) electrons. The number of hydrazine groups is 1. The number of hydrogen-bond donors (Lipinski definition) is 2. The van der Waals surface area contributed by atoms with Crippen LogP contribution in [0.1, 0.15) is 32.3 Å². The lowest BCUT2D eigenvalue weighted by molar-refractivity contribution is 0.251. The number of unbranched alkanes of at least 4 members (excludes halogenated alkanes) is 1. The molecule has 2 unspecified atom stereocenters. The lowest BCUT2D eigenvalue weighted by atomic mass is 9.96. The Morgan fingerprint density at radius 3 is 2.30 bits per heavy atom. The quantitative estimate of drug-likeness (QED) is 0.749. The van der Waals surface area contributed by atoms with E-state index in [1.807, 2.05) is 0 Å². The van der Waals surface area contributed by atoms with Crippen LogP contribution in [0.4, 0.5) is 0 Å². The highest BCUT2D eigenvalue weighted by Crippen LogP contribution is 2.15. The molecule has 1 saturated heterocycles. The summed E-state index contributed by atoms with van der Waals surface area (Å²) in [6.07, 6.45) is 3.76. The van der Waals surface area contributed by atoms with Crippen molar-refractivity contribution in [2.24, 2.45) is 5.92 Å². The Morgan fingerprint density at radius 2 is 1.65 bits per heavy atom. The Kier molecular flexibility index (Phi) is 6.02. The molecule has 3 nitrogen and oxygen atoms in total. The first-order valence-corrected chi connectivity index (χ1v) is 7.90. The van der Waals surface area contributed by atoms with Gasteiger partial charge in [-0.15, -0.1) is 0 Å². The summed E-state index contributed by atoms with van der Waals surface area (Å²) in [6.45, 7) is 6.91. The lowest BCUT2D eigenvalue weighted by Crippen LogP contribution is -2.35. The Balaban J connectivity index is 1.62. The van der Waals surface area contributed by atoms with Crippen LogP contribution in [0.15, 0.2) is 30.3 Å². The van der Waals surface area contributed by atoms with Crippen molar-refractivity contribution in [1.82, 2.24) is 15.8 Å². The molecular weight excluding hydrogens is 246 g/mol. The van der Waals surface area contributed by atoms with E-state index in [1.165, 1.54) is 37.9 Å². The summed E-state index contributed by atoms with van der Waals surface area (Å²) in [5.74, 6) is 0.703. The molecular formula is C17H29N3. The SMILES string of the molecule is CC1NNC(C)C1CN(C)CCCCc1ccccc1. The summed E-state index contributed by atoms with van der Waals surface area (Å²) in [7, 11) is 2.25. The molecule has 1 aromatic rings. The van der Waals surface area contributed by atoms with Gasteiger partial charge in [-0.05, 0) is 52.3 Å². The van der Waals surface area contributed by atoms with Crippen molar-refractivity contribution in [1.29, 1.82) is 0 Å². The van der Waals surface area contributed by atoms with Crippen molar-refractivity contribution in [3.63, 3.8) is 0 Å². The van der Waals surface area contributed by atoms with E-state index in [-0.39, 0.29) is 0 Å². The van der Waals surface area contributed by atoms with Gasteiger partial charge in [-0.25, -0.2) is 0 Å². The maximum atomic E-state index is 3.34. The van der Waals surface area contributed by atoms with E-state index in [0.717, 1.165) is 0 Å². The standard InChI is InChI=1S/C17H29N3/c1-14-17(15(2)19-18-14)13-20(3)12-8-7-11-16-9-5-4-6-10-16/h4-6,9-10,14-15,17-19H,7-8,11-13H2,1-3H3. The van der Waals surface area contributed by atoms with Gasteiger partial charge < -0.3 is 4.90 Å². The van der Waals surface area contributed by atoms with Gasteiger partial charge in [0.25, 0.3) is 0 Å². The summed E-state index contributed by atoms with van der Waals surface area (Å²) in [4.78, 5) is 2.48. The third kappa shape index (κ3) is 4.58. The fraction of sp³-hybridized carbons (Fsp3) is 0.647. The van der Waals surface area contributed by atoms with Gasteiger partial charge in [-0.1, -0.05) is 30.3 Å². The van der Waals surface area contributed by atoms with Crippen molar-refractivity contribution in [3.05, 3.63) is 35.9 Å². The molecule has 2 atom stereocenters. The molecule has 1 aliphatic heterocycles. The van der Waals surface area contributed by atoms with Crippen LogP contribution in [0.25, 0.3) is 0 Å². The first kappa shape index (κ1) is 15.5. The van der Waals surface area contributed by atoms with Crippen LogP contribution in [0.5, 0.6) is 0 Å². The predicted octanol–water partition coefficient (Wildman–Crippen LogP) is 2.44. The third-order valence-electron chi connectivity index (χ3n) is 4.44. The van der Waals surface area contributed by atoms with Crippen molar-refractivity contribution >= 4 is 0 Å². The van der Waals surface area contributed by atoms with E-state index in [4.69, 9.17) is 0 Å². The molecule has 0 aromatic heterocycles. The lowest BCUT2D eigenvalue weighted by Gasteiger charge is -2.25. The number of rotatable bonds is 7. The summed E-state index contributed by atoms with van der Waals surface area (Å²) < 4.78 is 0. The van der Waals surface area contributed by atoms with Gasteiger partial charge in [0, 0.05) is 24.5 Å². The first-order chi connectivity index (χ1) is 9.66. The van der Waals surface area contributed by atoms with Gasteiger partial charge in [0.1, 0.15) is 0 Å². The molecule has 0 saturated carbocycles. The maximum Gasteiger partial charge on any atom is 0.0240 e. The average Bonchev–Trinajstić information content (AvgIpc) is 2.77. The normalized spacial score (nSPS) is 26.3. The molecule has 1 fully saturated rings. The number of nitrogens with one attached hydrogen (secondary N) is 2. The second-order valence-corrected chi connectivity index (χ2v) is 6.23. The Morgan fingerprint density at radius 1 is 1.00 bits per heavy atom. The molecule has 1 heterocycles. The zero-order valence-corrected chi connectivity index (χ0v) is 13.1. The summed E-state index contributed by atoms with van der Waals surface area (Å²) >= 11 is 0. The number of hydrogen-bond acceptors (Lipinski definition) is 3. The van der Waals surface area contributed by atoms with Gasteiger partial charge >= 0.3 is 0 Å². The first-order valence-electron chi connectivity index (χ1n) is 7.90. The van der Waals surface area contributed by atoms with Crippen molar-refractivity contribution in [2.45, 2.75) is 45.2 Å². The molecule has 3 heteroatoms. The Bertz CT molecular complexity index is 369. The number of aryl methyl sites for hydroxylation is 1.